The zero-order valence-electron chi connectivity index (χ0n) is 21.5. The Hall–Kier alpha value is -3.24. The summed E-state index contributed by atoms with van der Waals surface area (Å²) in [5.41, 5.74) is 1.81. The third kappa shape index (κ3) is 7.20. The van der Waals surface area contributed by atoms with Crippen molar-refractivity contribution in [1.29, 1.82) is 0 Å². The number of nitrogens with one attached hydrogen (secondary N) is 1. The number of aryl methyl sites for hydroxylation is 1. The summed E-state index contributed by atoms with van der Waals surface area (Å²) in [6, 6.07) is 17.8. The fourth-order valence-corrected chi connectivity index (χ4v) is 5.65. The molecule has 3 aromatic rings. The molecule has 0 spiro atoms. The molecule has 1 N–H and O–H groups in total. The number of sulfonamides is 1. The van der Waals surface area contributed by atoms with Crippen LogP contribution in [-0.4, -0.2) is 44.3 Å². The fourth-order valence-electron chi connectivity index (χ4n) is 3.97. The second kappa shape index (κ2) is 13.0. The summed E-state index contributed by atoms with van der Waals surface area (Å²) in [4.78, 5) is 28.2. The van der Waals surface area contributed by atoms with Gasteiger partial charge in [0.05, 0.1) is 10.6 Å². The van der Waals surface area contributed by atoms with Crippen LogP contribution in [-0.2, 0) is 26.2 Å². The lowest BCUT2D eigenvalue weighted by Crippen LogP contribution is -2.52. The lowest BCUT2D eigenvalue weighted by molar-refractivity contribution is -0.140. The Morgan fingerprint density at radius 1 is 0.947 bits per heavy atom. The molecule has 1 atom stereocenters. The molecule has 0 aliphatic carbocycles. The molecule has 10 heteroatoms. The monoisotopic (exact) mass is 603 g/mol. The first-order valence-corrected chi connectivity index (χ1v) is 14.5. The standard InChI is InChI=1S/C28H31BrFN3O4S/c1-4-26(28(35)31-5-2)32(18-21-8-12-23(30)13-9-21)27(34)19-33(24-14-10-22(29)11-15-24)38(36,37)25-16-6-20(3)7-17-25/h6-17,26H,4-5,18-19H2,1-3H3,(H,31,35)/t26-/m0/s1. The van der Waals surface area contributed by atoms with Gasteiger partial charge in [-0.15, -0.1) is 0 Å². The van der Waals surface area contributed by atoms with Crippen LogP contribution < -0.4 is 9.62 Å². The fraction of sp³-hybridized carbons (Fsp3) is 0.286. The smallest absolute Gasteiger partial charge is 0.264 e. The molecule has 0 aliphatic heterocycles. The van der Waals surface area contributed by atoms with Gasteiger partial charge in [-0.2, -0.15) is 0 Å². The second-order valence-corrected chi connectivity index (χ2v) is 11.5. The van der Waals surface area contributed by atoms with Gasteiger partial charge in [-0.1, -0.05) is 52.7 Å². The molecule has 0 unspecified atom stereocenters. The van der Waals surface area contributed by atoms with Crippen LogP contribution >= 0.6 is 15.9 Å². The zero-order chi connectivity index (χ0) is 27.9. The van der Waals surface area contributed by atoms with Crippen molar-refractivity contribution in [3.8, 4) is 0 Å². The predicted molar refractivity (Wildman–Crippen MR) is 150 cm³/mol. The number of hydrogen-bond acceptors (Lipinski definition) is 4. The summed E-state index contributed by atoms with van der Waals surface area (Å²) in [5.74, 6) is -1.33. The highest BCUT2D eigenvalue weighted by molar-refractivity contribution is 9.10. The van der Waals surface area contributed by atoms with Gasteiger partial charge in [0, 0.05) is 17.6 Å². The SMILES string of the molecule is CCNC(=O)[C@H](CC)N(Cc1ccc(F)cc1)C(=O)CN(c1ccc(Br)cc1)S(=O)(=O)c1ccc(C)cc1. The first-order chi connectivity index (χ1) is 18.1. The largest absolute Gasteiger partial charge is 0.355 e. The molecule has 0 aromatic heterocycles. The average Bonchev–Trinajstić information content (AvgIpc) is 2.89. The van der Waals surface area contributed by atoms with E-state index in [1.54, 1.807) is 50.2 Å². The molecule has 2 amide bonds. The maximum atomic E-state index is 13.9. The average molecular weight is 605 g/mol. The second-order valence-electron chi connectivity index (χ2n) is 8.77. The van der Waals surface area contributed by atoms with Crippen LogP contribution in [0.15, 0.2) is 82.2 Å². The van der Waals surface area contributed by atoms with E-state index in [0.717, 1.165) is 14.3 Å². The molecular formula is C28H31BrFN3O4S. The van der Waals surface area contributed by atoms with Gasteiger partial charge < -0.3 is 10.2 Å². The van der Waals surface area contributed by atoms with Gasteiger partial charge in [-0.3, -0.25) is 13.9 Å². The van der Waals surface area contributed by atoms with Crippen LogP contribution in [0.25, 0.3) is 0 Å². The Morgan fingerprint density at radius 3 is 2.11 bits per heavy atom. The van der Waals surface area contributed by atoms with Crippen molar-refractivity contribution in [3.05, 3.63) is 94.2 Å². The number of nitrogens with zero attached hydrogens (tertiary/aromatic N) is 2. The minimum absolute atomic E-state index is 0.00745. The molecule has 0 saturated carbocycles. The summed E-state index contributed by atoms with van der Waals surface area (Å²) in [6.45, 7) is 5.26. The summed E-state index contributed by atoms with van der Waals surface area (Å²) >= 11 is 3.36. The van der Waals surface area contributed by atoms with Crippen LogP contribution in [0.2, 0.25) is 0 Å². The van der Waals surface area contributed by atoms with E-state index in [2.05, 4.69) is 21.2 Å². The quantitative estimate of drug-likeness (QED) is 0.333. The van der Waals surface area contributed by atoms with E-state index < -0.39 is 34.3 Å². The molecule has 7 nitrogen and oxygen atoms in total. The molecule has 0 bridgehead atoms. The number of halogens is 2. The van der Waals surface area contributed by atoms with Crippen LogP contribution in [0.5, 0.6) is 0 Å². The molecule has 38 heavy (non-hydrogen) atoms. The summed E-state index contributed by atoms with van der Waals surface area (Å²) in [7, 11) is -4.13. The van der Waals surface area contributed by atoms with Gasteiger partial charge >= 0.3 is 0 Å². The van der Waals surface area contributed by atoms with Crippen molar-refractivity contribution < 1.29 is 22.4 Å². The number of benzene rings is 3. The van der Waals surface area contributed by atoms with E-state index in [1.807, 2.05) is 6.92 Å². The highest BCUT2D eigenvalue weighted by Crippen LogP contribution is 2.26. The van der Waals surface area contributed by atoms with Gasteiger partial charge in [0.1, 0.15) is 18.4 Å². The van der Waals surface area contributed by atoms with Crippen molar-refractivity contribution in [2.75, 3.05) is 17.4 Å². The van der Waals surface area contributed by atoms with Crippen molar-refractivity contribution in [2.45, 2.75) is 44.7 Å². The van der Waals surface area contributed by atoms with Crippen molar-refractivity contribution in [1.82, 2.24) is 10.2 Å². The summed E-state index contributed by atoms with van der Waals surface area (Å²) < 4.78 is 42.9. The number of amides is 2. The topological polar surface area (TPSA) is 86.8 Å². The highest BCUT2D eigenvalue weighted by Gasteiger charge is 2.33. The molecular weight excluding hydrogens is 573 g/mol. The number of rotatable bonds is 11. The molecule has 3 rings (SSSR count). The van der Waals surface area contributed by atoms with Gasteiger partial charge in [-0.05, 0) is 74.4 Å². The van der Waals surface area contributed by atoms with Crippen molar-refractivity contribution in [3.63, 3.8) is 0 Å². The third-order valence-electron chi connectivity index (χ3n) is 6.01. The van der Waals surface area contributed by atoms with E-state index in [4.69, 9.17) is 0 Å². The predicted octanol–water partition coefficient (Wildman–Crippen LogP) is 5.04. The summed E-state index contributed by atoms with van der Waals surface area (Å²) in [6.07, 6.45) is 0.307. The first-order valence-electron chi connectivity index (χ1n) is 12.2. The van der Waals surface area contributed by atoms with Gasteiger partial charge in [-0.25, -0.2) is 12.8 Å². The molecule has 0 saturated heterocycles. The van der Waals surface area contributed by atoms with E-state index in [-0.39, 0.29) is 17.3 Å². The Balaban J connectivity index is 2.04. The van der Waals surface area contributed by atoms with Crippen molar-refractivity contribution >= 4 is 43.5 Å². The molecule has 202 valence electrons. The maximum absolute atomic E-state index is 13.9. The number of carbonyl (C=O) groups excluding carboxylic acids is 2. The molecule has 0 aliphatic rings. The first kappa shape index (κ1) is 29.3. The number of likely N-dealkylation sites (N-methyl/N-ethyl adjacent to an activating group) is 1. The van der Waals surface area contributed by atoms with Gasteiger partial charge in [0.2, 0.25) is 11.8 Å². The Bertz CT molecular complexity index is 1350. The van der Waals surface area contributed by atoms with Crippen LogP contribution in [0.4, 0.5) is 10.1 Å². The minimum atomic E-state index is -4.13. The number of anilines is 1. The van der Waals surface area contributed by atoms with Gasteiger partial charge in [0.25, 0.3) is 10.0 Å². The van der Waals surface area contributed by atoms with Crippen LogP contribution in [0.3, 0.4) is 0 Å². The van der Waals surface area contributed by atoms with Gasteiger partial charge in [0.15, 0.2) is 0 Å². The van der Waals surface area contributed by atoms with E-state index in [1.165, 1.54) is 41.3 Å². The zero-order valence-corrected chi connectivity index (χ0v) is 23.9. The van der Waals surface area contributed by atoms with E-state index >= 15 is 0 Å². The molecule has 0 radical (unpaired) electrons. The van der Waals surface area contributed by atoms with E-state index in [9.17, 15) is 22.4 Å². The molecule has 3 aromatic carbocycles. The van der Waals surface area contributed by atoms with Crippen molar-refractivity contribution in [2.24, 2.45) is 0 Å². The summed E-state index contributed by atoms with van der Waals surface area (Å²) in [5, 5.41) is 2.75. The molecule has 0 heterocycles. The number of hydrogen-bond donors (Lipinski definition) is 1. The van der Waals surface area contributed by atoms with Crippen LogP contribution in [0.1, 0.15) is 31.4 Å². The lowest BCUT2D eigenvalue weighted by Gasteiger charge is -2.33. The van der Waals surface area contributed by atoms with Crippen LogP contribution in [0, 0.1) is 12.7 Å². The maximum Gasteiger partial charge on any atom is 0.264 e. The Morgan fingerprint density at radius 2 is 1.55 bits per heavy atom. The Labute approximate surface area is 231 Å². The lowest BCUT2D eigenvalue weighted by atomic mass is 10.1. The molecule has 0 fully saturated rings. The van der Waals surface area contributed by atoms with E-state index in [0.29, 0.717) is 24.2 Å². The normalized spacial score (nSPS) is 12.0. The third-order valence-corrected chi connectivity index (χ3v) is 8.32. The number of carbonyl (C=O) groups is 2. The Kier molecular flexibility index (Phi) is 10.0. The minimum Gasteiger partial charge on any atom is -0.355 e. The highest BCUT2D eigenvalue weighted by atomic mass is 79.9.